The highest BCUT2D eigenvalue weighted by molar-refractivity contribution is 6.31. The summed E-state index contributed by atoms with van der Waals surface area (Å²) in [6, 6.07) is 20.4. The Bertz CT molecular complexity index is 1780. The summed E-state index contributed by atoms with van der Waals surface area (Å²) < 4.78 is 23.2. The SMILES string of the molecule is CCOc1cc(C2c3c(oc4ccccc4c3=O)C(=O)N2c2cc(C)on2)ccc1OCc1ccccc1Cl. The van der Waals surface area contributed by atoms with E-state index in [0.29, 0.717) is 45.4 Å². The highest BCUT2D eigenvalue weighted by Gasteiger charge is 2.45. The van der Waals surface area contributed by atoms with Crippen LogP contribution in [0.1, 0.15) is 46.0 Å². The predicted molar refractivity (Wildman–Crippen MR) is 146 cm³/mol. The average molecular weight is 543 g/mol. The maximum atomic E-state index is 13.7. The lowest BCUT2D eigenvalue weighted by Crippen LogP contribution is -2.29. The molecule has 0 aliphatic carbocycles. The van der Waals surface area contributed by atoms with Gasteiger partial charge in [-0.1, -0.05) is 53.2 Å². The molecule has 0 radical (unpaired) electrons. The summed E-state index contributed by atoms with van der Waals surface area (Å²) in [6.07, 6.45) is 0. The third kappa shape index (κ3) is 4.32. The van der Waals surface area contributed by atoms with E-state index in [0.717, 1.165) is 5.56 Å². The molecule has 8 nitrogen and oxygen atoms in total. The molecule has 0 fully saturated rings. The Labute approximate surface area is 228 Å². The van der Waals surface area contributed by atoms with Gasteiger partial charge in [0.15, 0.2) is 22.7 Å². The van der Waals surface area contributed by atoms with Gasteiger partial charge in [0.2, 0.25) is 5.76 Å². The van der Waals surface area contributed by atoms with Crippen LogP contribution in [0.5, 0.6) is 11.5 Å². The maximum Gasteiger partial charge on any atom is 0.296 e. The first-order valence-electron chi connectivity index (χ1n) is 12.4. The minimum absolute atomic E-state index is 0.0265. The van der Waals surface area contributed by atoms with Crippen LogP contribution in [0, 0.1) is 6.92 Å². The summed E-state index contributed by atoms with van der Waals surface area (Å²) in [5.41, 5.74) is 1.73. The highest BCUT2D eigenvalue weighted by Crippen LogP contribution is 2.43. The lowest BCUT2D eigenvalue weighted by Gasteiger charge is -2.23. The third-order valence-electron chi connectivity index (χ3n) is 6.56. The van der Waals surface area contributed by atoms with Crippen LogP contribution >= 0.6 is 11.6 Å². The summed E-state index contributed by atoms with van der Waals surface area (Å²) in [5.74, 6) is 1.25. The van der Waals surface area contributed by atoms with E-state index in [9.17, 15) is 9.59 Å². The van der Waals surface area contributed by atoms with Gasteiger partial charge in [0.05, 0.1) is 23.6 Å². The van der Waals surface area contributed by atoms with Crippen LogP contribution in [-0.2, 0) is 6.61 Å². The van der Waals surface area contributed by atoms with E-state index in [1.54, 1.807) is 61.5 Å². The largest absolute Gasteiger partial charge is 0.490 e. The zero-order valence-corrected chi connectivity index (χ0v) is 21.9. The van der Waals surface area contributed by atoms with Crippen molar-refractivity contribution in [3.8, 4) is 11.5 Å². The van der Waals surface area contributed by atoms with E-state index in [4.69, 9.17) is 30.0 Å². The molecule has 2 aromatic heterocycles. The van der Waals surface area contributed by atoms with Crippen LogP contribution in [0.3, 0.4) is 0 Å². The molecule has 1 aliphatic heterocycles. The Balaban J connectivity index is 1.48. The van der Waals surface area contributed by atoms with E-state index >= 15 is 0 Å². The third-order valence-corrected chi connectivity index (χ3v) is 6.93. The van der Waals surface area contributed by atoms with Gasteiger partial charge >= 0.3 is 0 Å². The molecule has 0 saturated carbocycles. The number of ether oxygens (including phenoxy) is 2. The zero-order valence-electron chi connectivity index (χ0n) is 21.1. The van der Waals surface area contributed by atoms with Gasteiger partial charge in [-0.3, -0.25) is 14.5 Å². The fourth-order valence-electron chi connectivity index (χ4n) is 4.79. The average Bonchev–Trinajstić information content (AvgIpc) is 3.49. The first-order valence-corrected chi connectivity index (χ1v) is 12.8. The van der Waals surface area contributed by atoms with Crippen molar-refractivity contribution in [1.82, 2.24) is 5.16 Å². The molecule has 0 spiro atoms. The van der Waals surface area contributed by atoms with Crippen LogP contribution in [0.25, 0.3) is 11.0 Å². The number of nitrogens with zero attached hydrogens (tertiary/aromatic N) is 2. The number of para-hydroxylation sites is 1. The highest BCUT2D eigenvalue weighted by atomic mass is 35.5. The van der Waals surface area contributed by atoms with Crippen LogP contribution in [0.4, 0.5) is 5.82 Å². The van der Waals surface area contributed by atoms with Gasteiger partial charge in [-0.05, 0) is 49.7 Å². The quantitative estimate of drug-likeness (QED) is 0.232. The smallest absolute Gasteiger partial charge is 0.296 e. The molecule has 1 amide bonds. The van der Waals surface area contributed by atoms with E-state index in [2.05, 4.69) is 5.16 Å². The molecule has 3 heterocycles. The number of benzene rings is 3. The summed E-state index contributed by atoms with van der Waals surface area (Å²) in [4.78, 5) is 28.9. The van der Waals surface area contributed by atoms with E-state index in [1.165, 1.54) is 4.90 Å². The number of rotatable bonds is 7. The number of aromatic nitrogens is 1. The summed E-state index contributed by atoms with van der Waals surface area (Å²) in [5, 5.41) is 5.06. The summed E-state index contributed by atoms with van der Waals surface area (Å²) in [7, 11) is 0. The molecule has 3 aromatic carbocycles. The van der Waals surface area contributed by atoms with Crippen LogP contribution < -0.4 is 19.8 Å². The molecule has 5 aromatic rings. The molecule has 9 heteroatoms. The number of hydrogen-bond acceptors (Lipinski definition) is 7. The van der Waals surface area contributed by atoms with Crippen molar-refractivity contribution in [2.45, 2.75) is 26.5 Å². The van der Waals surface area contributed by atoms with E-state index in [-0.39, 0.29) is 29.2 Å². The van der Waals surface area contributed by atoms with Gasteiger partial charge in [0.1, 0.15) is 18.0 Å². The fourth-order valence-corrected chi connectivity index (χ4v) is 4.98. The molecule has 196 valence electrons. The monoisotopic (exact) mass is 542 g/mol. The first kappa shape index (κ1) is 24.8. The number of fused-ring (bicyclic) bond motifs is 2. The molecule has 0 bridgehead atoms. The Morgan fingerprint density at radius 2 is 1.77 bits per heavy atom. The zero-order chi connectivity index (χ0) is 27.1. The Morgan fingerprint density at radius 1 is 0.974 bits per heavy atom. The second kappa shape index (κ2) is 9.96. The number of halogens is 1. The van der Waals surface area contributed by atoms with Crippen molar-refractivity contribution in [2.24, 2.45) is 0 Å². The molecule has 6 rings (SSSR count). The molecular formula is C30H23ClN2O6. The summed E-state index contributed by atoms with van der Waals surface area (Å²) >= 11 is 6.30. The summed E-state index contributed by atoms with van der Waals surface area (Å²) in [6.45, 7) is 4.22. The predicted octanol–water partition coefficient (Wildman–Crippen LogP) is 6.47. The first-order chi connectivity index (χ1) is 19.0. The normalized spacial score (nSPS) is 14.6. The molecule has 1 atom stereocenters. The van der Waals surface area contributed by atoms with Crippen LogP contribution in [-0.4, -0.2) is 17.7 Å². The molecule has 1 aliphatic rings. The van der Waals surface area contributed by atoms with Gasteiger partial charge in [0.25, 0.3) is 5.91 Å². The van der Waals surface area contributed by atoms with Crippen molar-refractivity contribution in [3.63, 3.8) is 0 Å². The van der Waals surface area contributed by atoms with Gasteiger partial charge in [-0.15, -0.1) is 0 Å². The van der Waals surface area contributed by atoms with E-state index in [1.807, 2.05) is 25.1 Å². The van der Waals surface area contributed by atoms with Gasteiger partial charge in [-0.25, -0.2) is 0 Å². The number of anilines is 1. The van der Waals surface area contributed by atoms with Gasteiger partial charge in [0, 0.05) is 16.7 Å². The molecule has 1 unspecified atom stereocenters. The standard InChI is InChI=1S/C30H23ClN2O6/c1-3-36-24-15-18(12-13-23(24)37-16-19-8-4-6-10-21(19)31)27-26-28(34)20-9-5-7-11-22(20)38-29(26)30(35)33(27)25-14-17(2)39-32-25/h4-15,27H,3,16H2,1-2H3. The number of amides is 1. The Hall–Kier alpha value is -4.56. The Kier molecular flexibility index (Phi) is 6.32. The lowest BCUT2D eigenvalue weighted by molar-refractivity contribution is 0.0969. The Morgan fingerprint density at radius 3 is 2.54 bits per heavy atom. The fraction of sp³-hybridized carbons (Fsp3) is 0.167. The van der Waals surface area contributed by atoms with Crippen molar-refractivity contribution in [1.29, 1.82) is 0 Å². The number of carbonyl (C=O) groups excluding carboxylic acids is 1. The lowest BCUT2D eigenvalue weighted by atomic mass is 9.98. The minimum Gasteiger partial charge on any atom is -0.490 e. The molecule has 0 saturated heterocycles. The number of carbonyl (C=O) groups is 1. The van der Waals surface area contributed by atoms with Gasteiger partial charge < -0.3 is 18.4 Å². The second-order valence-corrected chi connectivity index (χ2v) is 9.47. The number of hydrogen-bond donors (Lipinski definition) is 0. The van der Waals surface area contributed by atoms with E-state index < -0.39 is 11.9 Å². The molecular weight excluding hydrogens is 520 g/mol. The van der Waals surface area contributed by atoms with Crippen LogP contribution in [0.15, 0.2) is 86.5 Å². The topological polar surface area (TPSA) is 95.0 Å². The van der Waals surface area contributed by atoms with Gasteiger partial charge in [-0.2, -0.15) is 0 Å². The second-order valence-electron chi connectivity index (χ2n) is 9.06. The van der Waals surface area contributed by atoms with Crippen molar-refractivity contribution in [3.05, 3.63) is 116 Å². The van der Waals surface area contributed by atoms with Crippen molar-refractivity contribution >= 4 is 34.3 Å². The van der Waals surface area contributed by atoms with Crippen molar-refractivity contribution in [2.75, 3.05) is 11.5 Å². The molecule has 0 N–H and O–H groups in total. The maximum absolute atomic E-state index is 13.7. The van der Waals surface area contributed by atoms with Crippen LogP contribution in [0.2, 0.25) is 5.02 Å². The number of aryl methyl sites for hydroxylation is 1. The van der Waals surface area contributed by atoms with Crippen molar-refractivity contribution < 1.29 is 23.2 Å². The molecule has 39 heavy (non-hydrogen) atoms. The minimum atomic E-state index is -0.824.